The van der Waals surface area contributed by atoms with E-state index in [1.54, 1.807) is 11.3 Å². The zero-order chi connectivity index (χ0) is 10.8. The van der Waals surface area contributed by atoms with Crippen LogP contribution in [0.3, 0.4) is 0 Å². The highest BCUT2D eigenvalue weighted by molar-refractivity contribution is 7.08. The largest absolute Gasteiger partial charge is 0.334 e. The monoisotopic (exact) mass is 223 g/mol. The third kappa shape index (κ3) is 1.93. The minimum Gasteiger partial charge on any atom is -0.334 e. The summed E-state index contributed by atoms with van der Waals surface area (Å²) in [6.07, 6.45) is 0. The van der Waals surface area contributed by atoms with Crippen LogP contribution in [0.15, 0.2) is 15.3 Å². The second-order valence-corrected chi connectivity index (χ2v) is 4.31. The molecule has 0 aliphatic rings. The Balaban J connectivity index is 2.32. The summed E-state index contributed by atoms with van der Waals surface area (Å²) < 4.78 is 5.20. The molecule has 80 valence electrons. The van der Waals surface area contributed by atoms with Gasteiger partial charge in [0.15, 0.2) is 5.82 Å². The highest BCUT2D eigenvalue weighted by Crippen LogP contribution is 2.26. The molecular weight excluding hydrogens is 210 g/mol. The predicted molar refractivity (Wildman–Crippen MR) is 59.8 cm³/mol. The summed E-state index contributed by atoms with van der Waals surface area (Å²) in [5, 5.41) is 8.00. The average Bonchev–Trinajstić information content (AvgIpc) is 2.84. The van der Waals surface area contributed by atoms with Gasteiger partial charge < -0.3 is 10.3 Å². The number of nitrogens with zero attached hydrogens (tertiary/aromatic N) is 2. The van der Waals surface area contributed by atoms with Crippen LogP contribution in [0.1, 0.15) is 24.2 Å². The molecule has 2 rings (SSSR count). The summed E-state index contributed by atoms with van der Waals surface area (Å²) in [6.45, 7) is 4.54. The molecule has 0 radical (unpaired) electrons. The van der Waals surface area contributed by atoms with E-state index in [0.717, 1.165) is 11.1 Å². The number of nitrogens with two attached hydrogens (primary N) is 1. The maximum absolute atomic E-state index is 5.54. The normalized spacial score (nSPS) is 13.0. The Morgan fingerprint density at radius 1 is 1.53 bits per heavy atom. The van der Waals surface area contributed by atoms with Gasteiger partial charge in [-0.1, -0.05) is 12.1 Å². The Labute approximate surface area is 92.1 Å². The van der Waals surface area contributed by atoms with Gasteiger partial charge in [0.25, 0.3) is 5.89 Å². The average molecular weight is 223 g/mol. The number of hydrogen-bond donors (Lipinski definition) is 1. The fourth-order valence-electron chi connectivity index (χ4n) is 1.23. The molecule has 0 aliphatic carbocycles. The number of aromatic nitrogens is 2. The first-order valence-corrected chi connectivity index (χ1v) is 5.73. The van der Waals surface area contributed by atoms with Gasteiger partial charge in [-0.3, -0.25) is 0 Å². The maximum Gasteiger partial charge on any atom is 0.259 e. The van der Waals surface area contributed by atoms with Gasteiger partial charge in [-0.25, -0.2) is 0 Å². The summed E-state index contributed by atoms with van der Waals surface area (Å²) in [6, 6.07) is 0. The molecule has 0 fully saturated rings. The molecule has 1 atom stereocenters. The highest BCUT2D eigenvalue weighted by Gasteiger charge is 2.15. The van der Waals surface area contributed by atoms with Crippen molar-refractivity contribution < 1.29 is 4.52 Å². The predicted octanol–water partition coefficient (Wildman–Crippen LogP) is 2.17. The molecule has 4 nitrogen and oxygen atoms in total. The van der Waals surface area contributed by atoms with Gasteiger partial charge >= 0.3 is 0 Å². The van der Waals surface area contributed by atoms with Crippen molar-refractivity contribution in [3.63, 3.8) is 0 Å². The molecule has 0 aliphatic heterocycles. The highest BCUT2D eigenvalue weighted by atomic mass is 32.1. The lowest BCUT2D eigenvalue weighted by Gasteiger charge is -1.98. The number of rotatable bonds is 3. The first-order valence-electron chi connectivity index (χ1n) is 4.79. The molecular formula is C10H13N3OS. The van der Waals surface area contributed by atoms with Gasteiger partial charge in [0.05, 0.1) is 5.56 Å². The smallest absolute Gasteiger partial charge is 0.259 e. The number of hydrogen-bond acceptors (Lipinski definition) is 5. The zero-order valence-electron chi connectivity index (χ0n) is 8.73. The van der Waals surface area contributed by atoms with Gasteiger partial charge in [-0.2, -0.15) is 16.3 Å². The van der Waals surface area contributed by atoms with Crippen LogP contribution in [0.5, 0.6) is 0 Å². The molecule has 0 amide bonds. The molecule has 2 aromatic rings. The van der Waals surface area contributed by atoms with Crippen molar-refractivity contribution in [2.75, 3.05) is 6.54 Å². The first-order chi connectivity index (χ1) is 7.22. The fraction of sp³-hybridized carbons (Fsp3) is 0.400. The van der Waals surface area contributed by atoms with E-state index in [9.17, 15) is 0 Å². The Kier molecular flexibility index (Phi) is 2.83. The molecule has 0 saturated heterocycles. The van der Waals surface area contributed by atoms with Gasteiger partial charge in [-0.05, 0) is 17.9 Å². The molecule has 2 N–H and O–H groups in total. The third-order valence-corrected chi connectivity index (χ3v) is 3.18. The van der Waals surface area contributed by atoms with Gasteiger partial charge in [0, 0.05) is 17.8 Å². The molecule has 5 heteroatoms. The van der Waals surface area contributed by atoms with Crippen LogP contribution in [0.2, 0.25) is 0 Å². The van der Waals surface area contributed by atoms with Crippen molar-refractivity contribution in [3.05, 3.63) is 22.1 Å². The van der Waals surface area contributed by atoms with E-state index >= 15 is 0 Å². The van der Waals surface area contributed by atoms with Crippen molar-refractivity contribution in [3.8, 4) is 11.5 Å². The molecule has 2 heterocycles. The van der Waals surface area contributed by atoms with Gasteiger partial charge in [0.2, 0.25) is 0 Å². The summed E-state index contributed by atoms with van der Waals surface area (Å²) in [5.41, 5.74) is 7.72. The van der Waals surface area contributed by atoms with E-state index in [1.807, 2.05) is 19.2 Å². The third-order valence-electron chi connectivity index (χ3n) is 2.32. The van der Waals surface area contributed by atoms with Crippen molar-refractivity contribution in [1.29, 1.82) is 0 Å². The summed E-state index contributed by atoms with van der Waals surface area (Å²) >= 11 is 1.63. The van der Waals surface area contributed by atoms with E-state index in [1.165, 1.54) is 0 Å². The van der Waals surface area contributed by atoms with Crippen molar-refractivity contribution >= 4 is 11.3 Å². The van der Waals surface area contributed by atoms with Gasteiger partial charge in [0.1, 0.15) is 0 Å². The minimum absolute atomic E-state index is 0.140. The maximum atomic E-state index is 5.54. The Morgan fingerprint density at radius 2 is 2.33 bits per heavy atom. The van der Waals surface area contributed by atoms with Crippen molar-refractivity contribution in [2.24, 2.45) is 5.73 Å². The van der Waals surface area contributed by atoms with Crippen molar-refractivity contribution in [2.45, 2.75) is 19.8 Å². The molecule has 0 aromatic carbocycles. The summed E-state index contributed by atoms with van der Waals surface area (Å²) in [4.78, 5) is 4.33. The second-order valence-electron chi connectivity index (χ2n) is 3.56. The Bertz CT molecular complexity index is 449. The Hall–Kier alpha value is -1.20. The van der Waals surface area contributed by atoms with E-state index in [4.69, 9.17) is 10.3 Å². The van der Waals surface area contributed by atoms with E-state index in [0.29, 0.717) is 18.3 Å². The quantitative estimate of drug-likeness (QED) is 0.866. The van der Waals surface area contributed by atoms with Crippen LogP contribution in [0, 0.1) is 6.92 Å². The zero-order valence-corrected chi connectivity index (χ0v) is 9.54. The SMILES string of the molecule is Cc1cscc1-c1nc(C(C)CN)no1. The minimum atomic E-state index is 0.140. The topological polar surface area (TPSA) is 64.9 Å². The lowest BCUT2D eigenvalue weighted by atomic mass is 10.2. The standard InChI is InChI=1S/C10H13N3OS/c1-6(3-11)9-12-10(14-13-9)8-5-15-4-7(8)2/h4-6H,3,11H2,1-2H3. The van der Waals surface area contributed by atoms with E-state index < -0.39 is 0 Å². The molecule has 2 aromatic heterocycles. The van der Waals surface area contributed by atoms with Crippen LogP contribution >= 0.6 is 11.3 Å². The fourth-order valence-corrected chi connectivity index (χ4v) is 2.05. The molecule has 1 unspecified atom stereocenters. The summed E-state index contributed by atoms with van der Waals surface area (Å²) in [5.74, 6) is 1.41. The molecule has 0 spiro atoms. The van der Waals surface area contributed by atoms with E-state index in [-0.39, 0.29) is 5.92 Å². The lowest BCUT2D eigenvalue weighted by Crippen LogP contribution is -2.10. The van der Waals surface area contributed by atoms with Crippen LogP contribution in [-0.4, -0.2) is 16.7 Å². The lowest BCUT2D eigenvalue weighted by molar-refractivity contribution is 0.418. The van der Waals surface area contributed by atoms with Crippen LogP contribution < -0.4 is 5.73 Å². The van der Waals surface area contributed by atoms with Crippen LogP contribution in [-0.2, 0) is 0 Å². The van der Waals surface area contributed by atoms with Gasteiger partial charge in [-0.15, -0.1) is 0 Å². The first kappa shape index (κ1) is 10.3. The Morgan fingerprint density at radius 3 is 2.93 bits per heavy atom. The van der Waals surface area contributed by atoms with Crippen molar-refractivity contribution in [1.82, 2.24) is 10.1 Å². The molecule has 0 bridgehead atoms. The van der Waals surface area contributed by atoms with Crippen LogP contribution in [0.4, 0.5) is 0 Å². The molecule has 0 saturated carbocycles. The van der Waals surface area contributed by atoms with Crippen LogP contribution in [0.25, 0.3) is 11.5 Å². The number of thiophene rings is 1. The second kappa shape index (κ2) is 4.12. The summed E-state index contributed by atoms with van der Waals surface area (Å²) in [7, 11) is 0. The molecule has 15 heavy (non-hydrogen) atoms. The number of aryl methyl sites for hydroxylation is 1. The van der Waals surface area contributed by atoms with E-state index in [2.05, 4.69) is 15.5 Å².